The maximum absolute atomic E-state index is 10.1. The topological polar surface area (TPSA) is 70.7 Å². The van der Waals surface area contributed by atoms with Gasteiger partial charge in [-0.1, -0.05) is 0 Å². The molecule has 11 heavy (non-hydrogen) atoms. The van der Waals surface area contributed by atoms with Crippen LogP contribution in [-0.2, 0) is 11.2 Å². The summed E-state index contributed by atoms with van der Waals surface area (Å²) in [7, 11) is 0. The van der Waals surface area contributed by atoms with Crippen LogP contribution in [0.25, 0.3) is 0 Å². The van der Waals surface area contributed by atoms with Gasteiger partial charge in [0.15, 0.2) is 6.10 Å². The molecule has 1 aromatic rings. The van der Waals surface area contributed by atoms with Gasteiger partial charge >= 0.3 is 5.97 Å². The number of aliphatic hydroxyl groups excluding tert-OH is 1. The Morgan fingerprint density at radius 2 is 2.45 bits per heavy atom. The molecule has 0 aromatic carbocycles. The second kappa shape index (κ2) is 3.21. The lowest BCUT2D eigenvalue weighted by Gasteiger charge is -2.00. The molecule has 0 amide bonds. The maximum Gasteiger partial charge on any atom is 0.332 e. The van der Waals surface area contributed by atoms with Gasteiger partial charge in [-0.25, -0.2) is 4.79 Å². The predicted octanol–water partition coefficient (Wildman–Crippen LogP) is 0.268. The smallest absolute Gasteiger partial charge is 0.332 e. The van der Waals surface area contributed by atoms with Crippen LogP contribution in [0.5, 0.6) is 0 Å². The van der Waals surface area contributed by atoms with E-state index in [9.17, 15) is 4.79 Å². The average Bonchev–Trinajstić information content (AvgIpc) is 2.39. The minimum atomic E-state index is -1.37. The van der Waals surface area contributed by atoms with Crippen LogP contribution in [0.3, 0.4) is 0 Å². The van der Waals surface area contributed by atoms with Crippen LogP contribution >= 0.6 is 0 Å². The molecule has 1 unspecified atom stereocenters. The van der Waals surface area contributed by atoms with Gasteiger partial charge in [0, 0.05) is 6.42 Å². The monoisotopic (exact) mass is 156 g/mol. The highest BCUT2D eigenvalue weighted by atomic mass is 16.4. The summed E-state index contributed by atoms with van der Waals surface area (Å²) in [5.74, 6) is -0.763. The molecule has 4 heteroatoms. The van der Waals surface area contributed by atoms with Crippen LogP contribution < -0.4 is 0 Å². The van der Waals surface area contributed by atoms with E-state index in [4.69, 9.17) is 14.6 Å². The van der Waals surface area contributed by atoms with Crippen molar-refractivity contribution in [3.63, 3.8) is 0 Å². The molecule has 0 radical (unpaired) electrons. The van der Waals surface area contributed by atoms with E-state index in [2.05, 4.69) is 0 Å². The Bertz CT molecular complexity index is 227. The molecule has 0 saturated carbocycles. The number of furan rings is 1. The van der Waals surface area contributed by atoms with Crippen LogP contribution in [0.4, 0.5) is 0 Å². The number of carbonyl (C=O) groups is 1. The Balaban J connectivity index is 2.50. The molecule has 1 rings (SSSR count). The third-order valence-electron chi connectivity index (χ3n) is 1.26. The zero-order valence-electron chi connectivity index (χ0n) is 5.73. The first kappa shape index (κ1) is 7.81. The fraction of sp³-hybridized carbons (Fsp3) is 0.286. The Morgan fingerprint density at radius 1 is 1.73 bits per heavy atom. The van der Waals surface area contributed by atoms with Gasteiger partial charge in [0.1, 0.15) is 5.76 Å². The molecular weight excluding hydrogens is 148 g/mol. The summed E-state index contributed by atoms with van der Waals surface area (Å²) >= 11 is 0. The molecule has 0 aliphatic heterocycles. The molecule has 0 aliphatic rings. The number of hydrogen-bond acceptors (Lipinski definition) is 3. The minimum Gasteiger partial charge on any atom is -0.479 e. The number of carboxylic acids is 1. The molecule has 1 aromatic heterocycles. The Morgan fingerprint density at radius 3 is 2.91 bits per heavy atom. The summed E-state index contributed by atoms with van der Waals surface area (Å²) in [4.78, 5) is 10.1. The molecule has 60 valence electrons. The average molecular weight is 156 g/mol. The van der Waals surface area contributed by atoms with E-state index in [-0.39, 0.29) is 6.42 Å². The lowest BCUT2D eigenvalue weighted by atomic mass is 10.2. The number of aliphatic hydroxyl groups is 1. The van der Waals surface area contributed by atoms with Gasteiger partial charge in [0.05, 0.1) is 6.26 Å². The van der Waals surface area contributed by atoms with E-state index in [0.29, 0.717) is 5.76 Å². The zero-order chi connectivity index (χ0) is 8.27. The van der Waals surface area contributed by atoms with Crippen molar-refractivity contribution >= 4 is 5.97 Å². The van der Waals surface area contributed by atoms with E-state index in [1.54, 1.807) is 12.1 Å². The number of aliphatic carboxylic acids is 1. The molecule has 2 N–H and O–H groups in total. The van der Waals surface area contributed by atoms with Crippen molar-refractivity contribution in [2.75, 3.05) is 0 Å². The number of carboxylic acid groups (broad SMARTS) is 1. The summed E-state index contributed by atoms with van der Waals surface area (Å²) in [6.07, 6.45) is 0.0767. The van der Waals surface area contributed by atoms with Crippen LogP contribution in [0, 0.1) is 0 Å². The lowest BCUT2D eigenvalue weighted by Crippen LogP contribution is -2.21. The fourth-order valence-corrected chi connectivity index (χ4v) is 0.707. The minimum absolute atomic E-state index is 0.0162. The number of hydrogen-bond donors (Lipinski definition) is 2. The summed E-state index contributed by atoms with van der Waals surface area (Å²) in [6, 6.07) is 3.26. The molecule has 0 fully saturated rings. The highest BCUT2D eigenvalue weighted by Crippen LogP contribution is 2.03. The third kappa shape index (κ3) is 2.09. The SMILES string of the molecule is O=C(O)C(O)Cc1ccco1. The molecule has 0 bridgehead atoms. The summed E-state index contributed by atoms with van der Waals surface area (Å²) < 4.78 is 4.83. The first-order chi connectivity index (χ1) is 5.20. The summed E-state index contributed by atoms with van der Waals surface area (Å²) in [5, 5.41) is 17.1. The van der Waals surface area contributed by atoms with Crippen LogP contribution in [0.1, 0.15) is 5.76 Å². The van der Waals surface area contributed by atoms with E-state index < -0.39 is 12.1 Å². The largest absolute Gasteiger partial charge is 0.479 e. The molecule has 1 heterocycles. The maximum atomic E-state index is 10.1. The van der Waals surface area contributed by atoms with E-state index in [1.165, 1.54) is 6.26 Å². The van der Waals surface area contributed by atoms with Crippen LogP contribution in [-0.4, -0.2) is 22.3 Å². The normalized spacial score (nSPS) is 12.8. The van der Waals surface area contributed by atoms with E-state index in [0.717, 1.165) is 0 Å². The molecule has 0 saturated heterocycles. The van der Waals surface area contributed by atoms with Gasteiger partial charge in [-0.05, 0) is 12.1 Å². The highest BCUT2D eigenvalue weighted by Gasteiger charge is 2.14. The third-order valence-corrected chi connectivity index (χ3v) is 1.26. The van der Waals surface area contributed by atoms with Gasteiger partial charge in [0.2, 0.25) is 0 Å². The number of rotatable bonds is 3. The van der Waals surface area contributed by atoms with Gasteiger partial charge in [-0.3, -0.25) is 0 Å². The van der Waals surface area contributed by atoms with Crippen molar-refractivity contribution in [2.24, 2.45) is 0 Å². The van der Waals surface area contributed by atoms with Gasteiger partial charge in [-0.15, -0.1) is 0 Å². The van der Waals surface area contributed by atoms with Crippen molar-refractivity contribution in [1.82, 2.24) is 0 Å². The van der Waals surface area contributed by atoms with Gasteiger partial charge in [-0.2, -0.15) is 0 Å². The van der Waals surface area contributed by atoms with Crippen molar-refractivity contribution in [1.29, 1.82) is 0 Å². The quantitative estimate of drug-likeness (QED) is 0.658. The summed E-state index contributed by atoms with van der Waals surface area (Å²) in [5.41, 5.74) is 0. The Kier molecular flexibility index (Phi) is 2.28. The van der Waals surface area contributed by atoms with E-state index in [1.807, 2.05) is 0 Å². The van der Waals surface area contributed by atoms with Gasteiger partial charge in [0.25, 0.3) is 0 Å². The van der Waals surface area contributed by atoms with Crippen molar-refractivity contribution in [3.8, 4) is 0 Å². The molecule has 0 spiro atoms. The van der Waals surface area contributed by atoms with Crippen molar-refractivity contribution in [2.45, 2.75) is 12.5 Å². The van der Waals surface area contributed by atoms with Gasteiger partial charge < -0.3 is 14.6 Å². The fourth-order valence-electron chi connectivity index (χ4n) is 0.707. The van der Waals surface area contributed by atoms with Crippen LogP contribution in [0.15, 0.2) is 22.8 Å². The lowest BCUT2D eigenvalue weighted by molar-refractivity contribution is -0.146. The molecular formula is C7H8O4. The Hall–Kier alpha value is -1.29. The molecule has 0 aliphatic carbocycles. The second-order valence-electron chi connectivity index (χ2n) is 2.14. The first-order valence-corrected chi connectivity index (χ1v) is 3.13. The van der Waals surface area contributed by atoms with E-state index >= 15 is 0 Å². The zero-order valence-corrected chi connectivity index (χ0v) is 5.73. The van der Waals surface area contributed by atoms with Crippen LogP contribution in [0.2, 0.25) is 0 Å². The Labute approximate surface area is 63.1 Å². The standard InChI is InChI=1S/C7H8O4/c8-6(7(9)10)4-5-2-1-3-11-5/h1-3,6,8H,4H2,(H,9,10). The van der Waals surface area contributed by atoms with Crippen molar-refractivity contribution in [3.05, 3.63) is 24.2 Å². The first-order valence-electron chi connectivity index (χ1n) is 3.13. The predicted molar refractivity (Wildman–Crippen MR) is 36.1 cm³/mol. The van der Waals surface area contributed by atoms with Crippen molar-refractivity contribution < 1.29 is 19.4 Å². The summed E-state index contributed by atoms with van der Waals surface area (Å²) in [6.45, 7) is 0. The molecule has 4 nitrogen and oxygen atoms in total. The molecule has 1 atom stereocenters. The highest BCUT2D eigenvalue weighted by molar-refractivity contribution is 5.72. The second-order valence-corrected chi connectivity index (χ2v) is 2.14.